The summed E-state index contributed by atoms with van der Waals surface area (Å²) < 4.78 is 6.64. The van der Waals surface area contributed by atoms with Crippen molar-refractivity contribution in [3.8, 4) is 0 Å². The molecule has 2 rings (SSSR count). The molecule has 114 valence electrons. The number of amides is 1. The number of nitrogens with one attached hydrogen (secondary N) is 1. The van der Waals surface area contributed by atoms with E-state index in [1.165, 1.54) is 0 Å². The molecule has 0 fully saturated rings. The van der Waals surface area contributed by atoms with Crippen LogP contribution in [0, 0.1) is 0 Å². The van der Waals surface area contributed by atoms with Crippen molar-refractivity contribution in [2.24, 2.45) is 7.05 Å². The molecular formula is C14H17ClIN3O2. The summed E-state index contributed by atoms with van der Waals surface area (Å²) in [5.74, 6) is 0.701. The molecule has 0 radical (unpaired) electrons. The molecule has 7 heteroatoms. The van der Waals surface area contributed by atoms with Crippen LogP contribution in [-0.4, -0.2) is 22.3 Å². The van der Waals surface area contributed by atoms with Crippen LogP contribution in [0.1, 0.15) is 31.7 Å². The normalized spacial score (nSPS) is 11.3. The van der Waals surface area contributed by atoms with Crippen molar-refractivity contribution in [3.05, 3.63) is 22.7 Å². The topological polar surface area (TPSA) is 56.1 Å². The van der Waals surface area contributed by atoms with E-state index in [9.17, 15) is 4.79 Å². The number of hydrogen-bond acceptors (Lipinski definition) is 3. The van der Waals surface area contributed by atoms with E-state index < -0.39 is 0 Å². The summed E-state index contributed by atoms with van der Waals surface area (Å²) >= 11 is 8.08. The Morgan fingerprint density at radius 3 is 2.86 bits per heavy atom. The molecule has 1 amide bonds. The third-order valence-electron chi connectivity index (χ3n) is 3.25. The number of nitrogens with zero attached hydrogens (tertiary/aromatic N) is 2. The highest BCUT2D eigenvalue weighted by Crippen LogP contribution is 2.35. The van der Waals surface area contributed by atoms with Crippen LogP contribution in [-0.2, 0) is 14.9 Å². The van der Waals surface area contributed by atoms with Crippen molar-refractivity contribution in [1.82, 2.24) is 9.78 Å². The Labute approximate surface area is 142 Å². The predicted molar refractivity (Wildman–Crippen MR) is 93.0 cm³/mol. The standard InChI is InChI=1S/C14H17ClIN3O2/c1-8(2)9-4-5-10(15)12-13(9)19(3)18-14(12)17-11(20)6-7-21-16/h4-5,8H,6-7H2,1-3H3,(H,17,18,20). The summed E-state index contributed by atoms with van der Waals surface area (Å²) in [5.41, 5.74) is 2.11. The number of aromatic nitrogens is 2. The molecule has 0 spiro atoms. The molecule has 0 bridgehead atoms. The van der Waals surface area contributed by atoms with Gasteiger partial charge in [-0.3, -0.25) is 9.48 Å². The number of benzene rings is 1. The Kier molecular flexibility index (Phi) is 5.45. The number of carbonyl (C=O) groups excluding carboxylic acids is 1. The molecule has 0 saturated heterocycles. The van der Waals surface area contributed by atoms with Gasteiger partial charge in [0.1, 0.15) is 23.0 Å². The molecule has 21 heavy (non-hydrogen) atoms. The number of halogens is 2. The van der Waals surface area contributed by atoms with Crippen molar-refractivity contribution < 1.29 is 7.86 Å². The van der Waals surface area contributed by atoms with Crippen LogP contribution < -0.4 is 5.32 Å². The Morgan fingerprint density at radius 1 is 1.52 bits per heavy atom. The minimum absolute atomic E-state index is 0.141. The fraction of sp³-hybridized carbons (Fsp3) is 0.429. The monoisotopic (exact) mass is 421 g/mol. The lowest BCUT2D eigenvalue weighted by Gasteiger charge is -2.09. The molecule has 0 saturated carbocycles. The molecule has 1 aromatic heterocycles. The van der Waals surface area contributed by atoms with E-state index in [1.54, 1.807) is 27.7 Å². The molecule has 0 unspecified atom stereocenters. The Hall–Kier alpha value is -0.860. The van der Waals surface area contributed by atoms with Gasteiger partial charge in [0.2, 0.25) is 5.91 Å². The average molecular weight is 422 g/mol. The lowest BCUT2D eigenvalue weighted by atomic mass is 10.0. The molecule has 5 nitrogen and oxygen atoms in total. The lowest BCUT2D eigenvalue weighted by Crippen LogP contribution is -2.13. The van der Waals surface area contributed by atoms with Gasteiger partial charge in [0.05, 0.1) is 29.0 Å². The van der Waals surface area contributed by atoms with Crippen LogP contribution in [0.2, 0.25) is 5.02 Å². The fourth-order valence-electron chi connectivity index (χ4n) is 2.29. The summed E-state index contributed by atoms with van der Waals surface area (Å²) in [6.07, 6.45) is 0.280. The molecule has 0 aliphatic rings. The highest BCUT2D eigenvalue weighted by Gasteiger charge is 2.18. The second-order valence-corrected chi connectivity index (χ2v) is 6.13. The first-order valence-corrected chi connectivity index (χ1v) is 7.90. The number of carbonyl (C=O) groups is 1. The van der Waals surface area contributed by atoms with Crippen LogP contribution in [0.3, 0.4) is 0 Å². The van der Waals surface area contributed by atoms with Crippen LogP contribution >= 0.6 is 34.6 Å². The van der Waals surface area contributed by atoms with Gasteiger partial charge >= 0.3 is 0 Å². The highest BCUT2D eigenvalue weighted by molar-refractivity contribution is 14.1. The Morgan fingerprint density at radius 2 is 2.24 bits per heavy atom. The maximum atomic E-state index is 11.9. The summed E-state index contributed by atoms with van der Waals surface area (Å²) in [7, 11) is 1.86. The first-order valence-electron chi connectivity index (χ1n) is 6.64. The predicted octanol–water partition coefficient (Wildman–Crippen LogP) is 4.05. The van der Waals surface area contributed by atoms with Gasteiger partial charge < -0.3 is 8.38 Å². The number of hydrogen-bond donors (Lipinski definition) is 1. The van der Waals surface area contributed by atoms with Gasteiger partial charge in [0.25, 0.3) is 0 Å². The van der Waals surface area contributed by atoms with E-state index in [4.69, 9.17) is 14.7 Å². The maximum absolute atomic E-state index is 11.9. The Bertz CT molecular complexity index is 670. The van der Waals surface area contributed by atoms with E-state index in [2.05, 4.69) is 24.3 Å². The van der Waals surface area contributed by atoms with Crippen molar-refractivity contribution in [2.75, 3.05) is 11.9 Å². The molecular weight excluding hydrogens is 405 g/mol. The number of rotatable bonds is 5. The summed E-state index contributed by atoms with van der Waals surface area (Å²) in [6.45, 7) is 4.60. The second-order valence-electron chi connectivity index (χ2n) is 5.10. The van der Waals surface area contributed by atoms with Crippen LogP contribution in [0.5, 0.6) is 0 Å². The minimum atomic E-state index is -0.141. The van der Waals surface area contributed by atoms with Gasteiger partial charge in [0, 0.05) is 7.05 Å². The van der Waals surface area contributed by atoms with E-state index in [0.717, 1.165) is 16.5 Å². The highest BCUT2D eigenvalue weighted by atomic mass is 127. The maximum Gasteiger partial charge on any atom is 0.227 e. The summed E-state index contributed by atoms with van der Waals surface area (Å²) in [4.78, 5) is 11.9. The number of aryl methyl sites for hydroxylation is 1. The summed E-state index contributed by atoms with van der Waals surface area (Å²) in [5, 5.41) is 8.58. The first kappa shape index (κ1) is 16.5. The molecule has 1 heterocycles. The van der Waals surface area contributed by atoms with E-state index in [1.807, 2.05) is 19.2 Å². The first-order chi connectivity index (χ1) is 9.95. The van der Waals surface area contributed by atoms with Crippen LogP contribution in [0.4, 0.5) is 5.82 Å². The van der Waals surface area contributed by atoms with Crippen LogP contribution in [0.15, 0.2) is 12.1 Å². The van der Waals surface area contributed by atoms with Gasteiger partial charge in [-0.05, 0) is 17.5 Å². The lowest BCUT2D eigenvalue weighted by molar-refractivity contribution is -0.116. The SMILES string of the molecule is CC(C)c1ccc(Cl)c2c(NC(=O)CCOI)nn(C)c12. The average Bonchev–Trinajstić information content (AvgIpc) is 2.74. The zero-order valence-corrected chi connectivity index (χ0v) is 15.0. The van der Waals surface area contributed by atoms with E-state index in [0.29, 0.717) is 23.4 Å². The zero-order valence-electron chi connectivity index (χ0n) is 12.1. The van der Waals surface area contributed by atoms with E-state index in [-0.39, 0.29) is 12.3 Å². The Balaban J connectivity index is 2.46. The van der Waals surface area contributed by atoms with Crippen LogP contribution in [0.25, 0.3) is 10.9 Å². The zero-order chi connectivity index (χ0) is 15.6. The van der Waals surface area contributed by atoms with Crippen molar-refractivity contribution >= 4 is 57.2 Å². The van der Waals surface area contributed by atoms with Gasteiger partial charge in [-0.15, -0.1) is 0 Å². The van der Waals surface area contributed by atoms with Gasteiger partial charge in [-0.25, -0.2) is 0 Å². The van der Waals surface area contributed by atoms with Crippen molar-refractivity contribution in [3.63, 3.8) is 0 Å². The third-order valence-corrected chi connectivity index (χ3v) is 4.01. The fourth-order valence-corrected chi connectivity index (χ4v) is 2.75. The molecule has 1 aromatic carbocycles. The number of fused-ring (bicyclic) bond motifs is 1. The van der Waals surface area contributed by atoms with E-state index >= 15 is 0 Å². The molecule has 2 aromatic rings. The van der Waals surface area contributed by atoms with Gasteiger partial charge in [-0.2, -0.15) is 5.10 Å². The number of anilines is 1. The smallest absolute Gasteiger partial charge is 0.227 e. The summed E-state index contributed by atoms with van der Waals surface area (Å²) in [6, 6.07) is 3.86. The molecule has 0 aliphatic heterocycles. The second kappa shape index (κ2) is 6.93. The van der Waals surface area contributed by atoms with Gasteiger partial charge in [-0.1, -0.05) is 31.5 Å². The quantitative estimate of drug-likeness (QED) is 0.741. The molecule has 1 N–H and O–H groups in total. The van der Waals surface area contributed by atoms with Crippen molar-refractivity contribution in [1.29, 1.82) is 0 Å². The largest absolute Gasteiger partial charge is 0.315 e. The molecule has 0 atom stereocenters. The molecule has 0 aliphatic carbocycles. The van der Waals surface area contributed by atoms with Gasteiger partial charge in [0.15, 0.2) is 5.82 Å². The third kappa shape index (κ3) is 3.49. The van der Waals surface area contributed by atoms with Crippen molar-refractivity contribution in [2.45, 2.75) is 26.2 Å². The minimum Gasteiger partial charge on any atom is -0.315 e.